The van der Waals surface area contributed by atoms with E-state index in [1.807, 2.05) is 6.07 Å². The fourth-order valence-electron chi connectivity index (χ4n) is 2.23. The monoisotopic (exact) mass is 418 g/mol. The molecule has 0 aliphatic carbocycles. The predicted molar refractivity (Wildman–Crippen MR) is 102 cm³/mol. The molecule has 11 heteroatoms. The molecule has 1 aromatic carbocycles. The highest BCUT2D eigenvalue weighted by Gasteiger charge is 2.18. The Hall–Kier alpha value is -3.52. The quantitative estimate of drug-likeness (QED) is 0.313. The van der Waals surface area contributed by atoms with Gasteiger partial charge in [0.1, 0.15) is 16.9 Å². The van der Waals surface area contributed by atoms with E-state index in [1.54, 1.807) is 13.8 Å². The van der Waals surface area contributed by atoms with Crippen LogP contribution in [0.1, 0.15) is 28.5 Å². The highest BCUT2D eigenvalue weighted by atomic mass is 32.2. The second-order valence-electron chi connectivity index (χ2n) is 5.56. The smallest absolute Gasteiger partial charge is 0.340 e. The van der Waals surface area contributed by atoms with Gasteiger partial charge in [-0.25, -0.2) is 14.2 Å². The first kappa shape index (κ1) is 21.8. The molecule has 1 N–H and O–H groups in total. The van der Waals surface area contributed by atoms with Crippen LogP contribution in [0.15, 0.2) is 29.3 Å². The SMILES string of the molecule is CCOC(=O)c1cc(C#N)c(SCC(=O)Nc2cc([N+](=O)[O-])ccc2F)nc1C. The van der Waals surface area contributed by atoms with Crippen LogP contribution in [-0.4, -0.2) is 34.1 Å². The summed E-state index contributed by atoms with van der Waals surface area (Å²) in [4.78, 5) is 38.3. The molecule has 1 heterocycles. The molecule has 29 heavy (non-hydrogen) atoms. The average molecular weight is 418 g/mol. The number of nitro groups is 1. The number of anilines is 1. The number of esters is 1. The van der Waals surface area contributed by atoms with Crippen LogP contribution in [0.2, 0.25) is 0 Å². The van der Waals surface area contributed by atoms with Crippen molar-refractivity contribution in [3.05, 3.63) is 57.0 Å². The number of rotatable bonds is 7. The molecule has 0 radical (unpaired) electrons. The number of hydrogen-bond donors (Lipinski definition) is 1. The number of carbonyl (C=O) groups is 2. The standard InChI is InChI=1S/C18H15FN4O5S/c1-3-28-18(25)13-6-11(8-20)17(21-10(13)2)29-9-16(24)22-15-7-12(23(26)27)4-5-14(15)19/h4-7H,3,9H2,1-2H3,(H,22,24). The fraction of sp³-hybridized carbons (Fsp3) is 0.222. The van der Waals surface area contributed by atoms with Crippen LogP contribution >= 0.6 is 11.8 Å². The van der Waals surface area contributed by atoms with Crippen molar-refractivity contribution in [2.24, 2.45) is 0 Å². The Labute approximate surface area is 169 Å². The van der Waals surface area contributed by atoms with E-state index >= 15 is 0 Å². The van der Waals surface area contributed by atoms with Gasteiger partial charge in [-0.3, -0.25) is 14.9 Å². The summed E-state index contributed by atoms with van der Waals surface area (Å²) in [6, 6.07) is 6.02. The van der Waals surface area contributed by atoms with Crippen LogP contribution in [0.25, 0.3) is 0 Å². The first-order valence-corrected chi connectivity index (χ1v) is 9.20. The number of amides is 1. The summed E-state index contributed by atoms with van der Waals surface area (Å²) in [5.74, 6) is -2.31. The summed E-state index contributed by atoms with van der Waals surface area (Å²) in [5.41, 5.74) is -0.135. The number of halogens is 1. The lowest BCUT2D eigenvalue weighted by Crippen LogP contribution is -2.16. The number of hydrogen-bond acceptors (Lipinski definition) is 8. The van der Waals surface area contributed by atoms with E-state index in [4.69, 9.17) is 4.74 Å². The summed E-state index contributed by atoms with van der Waals surface area (Å²) >= 11 is 0.909. The number of aromatic nitrogens is 1. The van der Waals surface area contributed by atoms with E-state index in [-0.39, 0.29) is 39.9 Å². The topological polar surface area (TPSA) is 135 Å². The highest BCUT2D eigenvalue weighted by molar-refractivity contribution is 8.00. The molecule has 9 nitrogen and oxygen atoms in total. The minimum Gasteiger partial charge on any atom is -0.462 e. The van der Waals surface area contributed by atoms with Crippen LogP contribution in [0.5, 0.6) is 0 Å². The van der Waals surface area contributed by atoms with Gasteiger partial charge in [0.05, 0.1) is 39.8 Å². The van der Waals surface area contributed by atoms with Gasteiger partial charge in [-0.1, -0.05) is 11.8 Å². The number of benzene rings is 1. The molecular weight excluding hydrogens is 403 g/mol. The summed E-state index contributed by atoms with van der Waals surface area (Å²) < 4.78 is 18.7. The highest BCUT2D eigenvalue weighted by Crippen LogP contribution is 2.25. The Morgan fingerprint density at radius 3 is 2.76 bits per heavy atom. The molecule has 0 aliphatic heterocycles. The largest absolute Gasteiger partial charge is 0.462 e. The van der Waals surface area contributed by atoms with Crippen LogP contribution in [0.3, 0.4) is 0 Å². The molecule has 2 aromatic rings. The number of nitro benzene ring substituents is 1. The van der Waals surface area contributed by atoms with E-state index in [0.717, 1.165) is 30.0 Å². The van der Waals surface area contributed by atoms with Crippen LogP contribution in [0, 0.1) is 34.2 Å². The second kappa shape index (κ2) is 9.61. The zero-order chi connectivity index (χ0) is 21.6. The van der Waals surface area contributed by atoms with E-state index in [9.17, 15) is 29.4 Å². The summed E-state index contributed by atoms with van der Waals surface area (Å²) in [6.07, 6.45) is 0. The summed E-state index contributed by atoms with van der Waals surface area (Å²) in [6.45, 7) is 3.39. The van der Waals surface area contributed by atoms with Crippen LogP contribution in [0.4, 0.5) is 15.8 Å². The molecule has 150 valence electrons. The van der Waals surface area contributed by atoms with Gasteiger partial charge in [-0.05, 0) is 26.0 Å². The van der Waals surface area contributed by atoms with Gasteiger partial charge in [-0.15, -0.1) is 0 Å². The number of aryl methyl sites for hydroxylation is 1. The zero-order valence-electron chi connectivity index (χ0n) is 15.4. The number of nitrogens with zero attached hydrogens (tertiary/aromatic N) is 3. The zero-order valence-corrected chi connectivity index (χ0v) is 16.2. The molecule has 1 amide bonds. The Balaban J connectivity index is 2.13. The van der Waals surface area contributed by atoms with Crippen molar-refractivity contribution in [1.82, 2.24) is 4.98 Å². The first-order valence-electron chi connectivity index (χ1n) is 8.22. The lowest BCUT2D eigenvalue weighted by Gasteiger charge is -2.10. The van der Waals surface area contributed by atoms with Crippen LogP contribution in [-0.2, 0) is 9.53 Å². The van der Waals surface area contributed by atoms with Crippen molar-refractivity contribution in [3.63, 3.8) is 0 Å². The maximum atomic E-state index is 13.8. The van der Waals surface area contributed by atoms with Gasteiger partial charge in [-0.2, -0.15) is 5.26 Å². The Bertz CT molecular complexity index is 1020. The number of non-ortho nitro benzene ring substituents is 1. The van der Waals surface area contributed by atoms with Gasteiger partial charge in [0.2, 0.25) is 5.91 Å². The van der Waals surface area contributed by atoms with Gasteiger partial charge >= 0.3 is 5.97 Å². The third kappa shape index (κ3) is 5.49. The average Bonchev–Trinajstić information content (AvgIpc) is 2.68. The predicted octanol–water partition coefficient (Wildman–Crippen LogP) is 3.22. The third-order valence-electron chi connectivity index (χ3n) is 3.57. The summed E-state index contributed by atoms with van der Waals surface area (Å²) in [7, 11) is 0. The van der Waals surface area contributed by atoms with E-state index < -0.39 is 22.6 Å². The molecule has 0 fully saturated rings. The maximum Gasteiger partial charge on any atom is 0.340 e. The van der Waals surface area contributed by atoms with Crippen molar-refractivity contribution in [3.8, 4) is 6.07 Å². The van der Waals surface area contributed by atoms with Gasteiger partial charge < -0.3 is 10.1 Å². The van der Waals surface area contributed by atoms with E-state index in [0.29, 0.717) is 5.69 Å². The molecular formula is C18H15FN4O5S. The lowest BCUT2D eigenvalue weighted by molar-refractivity contribution is -0.384. The Kier molecular flexibility index (Phi) is 7.21. The molecule has 0 unspecified atom stereocenters. The summed E-state index contributed by atoms with van der Waals surface area (Å²) in [5, 5.41) is 22.5. The van der Waals surface area contributed by atoms with Crippen molar-refractivity contribution in [2.75, 3.05) is 17.7 Å². The number of nitriles is 1. The van der Waals surface area contributed by atoms with Crippen LogP contribution < -0.4 is 5.32 Å². The molecule has 0 saturated carbocycles. The number of carbonyl (C=O) groups excluding carboxylic acids is 2. The number of nitrogens with one attached hydrogen (secondary N) is 1. The number of thioether (sulfide) groups is 1. The van der Waals surface area contributed by atoms with Crippen molar-refractivity contribution < 1.29 is 23.6 Å². The number of pyridine rings is 1. The molecule has 0 spiro atoms. The first-order chi connectivity index (χ1) is 13.8. The van der Waals surface area contributed by atoms with E-state index in [1.165, 1.54) is 6.07 Å². The maximum absolute atomic E-state index is 13.8. The molecule has 0 bridgehead atoms. The van der Waals surface area contributed by atoms with E-state index in [2.05, 4.69) is 10.3 Å². The van der Waals surface area contributed by atoms with Crippen molar-refractivity contribution >= 4 is 35.0 Å². The lowest BCUT2D eigenvalue weighted by atomic mass is 10.1. The minimum atomic E-state index is -0.820. The second-order valence-corrected chi connectivity index (χ2v) is 6.53. The number of ether oxygens (including phenoxy) is 1. The molecule has 0 saturated heterocycles. The van der Waals surface area contributed by atoms with Gasteiger partial charge in [0, 0.05) is 12.1 Å². The molecule has 2 rings (SSSR count). The minimum absolute atomic E-state index is 0.0815. The van der Waals surface area contributed by atoms with Gasteiger partial charge in [0.15, 0.2) is 0 Å². The van der Waals surface area contributed by atoms with Gasteiger partial charge in [0.25, 0.3) is 5.69 Å². The molecule has 0 aliphatic rings. The Morgan fingerprint density at radius 2 is 2.14 bits per heavy atom. The Morgan fingerprint density at radius 1 is 1.41 bits per heavy atom. The fourth-order valence-corrected chi connectivity index (χ4v) is 3.03. The molecule has 1 aromatic heterocycles. The normalized spacial score (nSPS) is 10.1. The van der Waals surface area contributed by atoms with Crippen molar-refractivity contribution in [1.29, 1.82) is 5.26 Å². The van der Waals surface area contributed by atoms with Crippen molar-refractivity contribution in [2.45, 2.75) is 18.9 Å². The third-order valence-corrected chi connectivity index (χ3v) is 4.56. The molecule has 0 atom stereocenters.